The summed E-state index contributed by atoms with van der Waals surface area (Å²) in [7, 11) is 0. The van der Waals surface area contributed by atoms with Crippen molar-refractivity contribution in [3.8, 4) is 0 Å². The quantitative estimate of drug-likeness (QED) is 0.625. The van der Waals surface area contributed by atoms with Gasteiger partial charge in [-0.3, -0.25) is 9.59 Å². The van der Waals surface area contributed by atoms with E-state index in [1.54, 1.807) is 0 Å². The fourth-order valence-electron chi connectivity index (χ4n) is 0.737. The molecule has 1 atom stereocenters. The molecule has 0 aliphatic rings. The number of carbonyl (C=O) groups is 2. The van der Waals surface area contributed by atoms with Crippen molar-refractivity contribution in [3.63, 3.8) is 0 Å². The minimum Gasteiger partial charge on any atom is -0.347 e. The van der Waals surface area contributed by atoms with Gasteiger partial charge in [0.25, 0.3) is 0 Å². The topological polar surface area (TPSA) is 46.2 Å². The Kier molecular flexibility index (Phi) is 3.69. The van der Waals surface area contributed by atoms with E-state index >= 15 is 0 Å². The van der Waals surface area contributed by atoms with Gasteiger partial charge >= 0.3 is 0 Å². The van der Waals surface area contributed by atoms with Crippen LogP contribution >= 0.6 is 0 Å². The van der Waals surface area contributed by atoms with Crippen LogP contribution in [0.25, 0.3) is 0 Å². The van der Waals surface area contributed by atoms with Gasteiger partial charge in [0.2, 0.25) is 5.91 Å². The van der Waals surface area contributed by atoms with Crippen LogP contribution < -0.4 is 5.32 Å². The van der Waals surface area contributed by atoms with Crippen LogP contribution in [0.5, 0.6) is 0 Å². The van der Waals surface area contributed by atoms with E-state index in [0.29, 0.717) is 6.42 Å². The van der Waals surface area contributed by atoms with E-state index in [9.17, 15) is 9.59 Å². The summed E-state index contributed by atoms with van der Waals surface area (Å²) in [5, 5.41) is 2.54. The molecule has 1 N–H and O–H groups in total. The van der Waals surface area contributed by atoms with E-state index in [4.69, 9.17) is 0 Å². The lowest BCUT2D eigenvalue weighted by atomic mass is 10.1. The maximum Gasteiger partial charge on any atom is 0.217 e. The molecule has 0 radical (unpaired) electrons. The second-order valence-electron chi connectivity index (χ2n) is 2.27. The van der Waals surface area contributed by atoms with Crippen molar-refractivity contribution >= 4 is 11.7 Å². The molecule has 0 saturated carbocycles. The normalized spacial score (nSPS) is 12.3. The summed E-state index contributed by atoms with van der Waals surface area (Å²) in [6, 6.07) is -0.294. The molecule has 0 aliphatic heterocycles. The van der Waals surface area contributed by atoms with Crippen molar-refractivity contribution in [2.24, 2.45) is 0 Å². The molecular weight excluding hydrogens is 130 g/mol. The molecule has 0 bridgehead atoms. The molecule has 3 heteroatoms. The number of amides is 1. The predicted octanol–water partition coefficient (Wildman–Crippen LogP) is 0.490. The Bertz CT molecular complexity index is 143. The highest BCUT2D eigenvalue weighted by molar-refractivity contribution is 5.86. The zero-order chi connectivity index (χ0) is 8.15. The van der Waals surface area contributed by atoms with Gasteiger partial charge in [0.1, 0.15) is 0 Å². The molecule has 0 spiro atoms. The summed E-state index contributed by atoms with van der Waals surface area (Å²) >= 11 is 0. The van der Waals surface area contributed by atoms with E-state index in [-0.39, 0.29) is 17.7 Å². The highest BCUT2D eigenvalue weighted by atomic mass is 16.2. The second-order valence-corrected chi connectivity index (χ2v) is 2.27. The number of Topliss-reactive ketones (excluding diaryl/α,β-unsaturated/α-hetero) is 1. The Morgan fingerprint density at radius 1 is 1.40 bits per heavy atom. The van der Waals surface area contributed by atoms with Crippen LogP contribution in [0.2, 0.25) is 0 Å². The number of ketones is 1. The maximum atomic E-state index is 10.7. The van der Waals surface area contributed by atoms with Gasteiger partial charge in [-0.1, -0.05) is 6.92 Å². The predicted molar refractivity (Wildman–Crippen MR) is 38.6 cm³/mol. The van der Waals surface area contributed by atoms with Crippen molar-refractivity contribution < 1.29 is 9.59 Å². The van der Waals surface area contributed by atoms with Crippen LogP contribution in [0.4, 0.5) is 0 Å². The zero-order valence-electron chi connectivity index (χ0n) is 6.60. The standard InChI is InChI=1S/C7H13NO2/c1-4-7(5(2)9)8-6(3)10/h7H,4H2,1-3H3,(H,8,10). The van der Waals surface area contributed by atoms with Crippen LogP contribution in [0.1, 0.15) is 27.2 Å². The maximum absolute atomic E-state index is 10.7. The molecular formula is C7H13NO2. The van der Waals surface area contributed by atoms with Crippen LogP contribution in [-0.4, -0.2) is 17.7 Å². The number of rotatable bonds is 3. The first-order valence-corrected chi connectivity index (χ1v) is 3.35. The number of carbonyl (C=O) groups excluding carboxylic acids is 2. The van der Waals surface area contributed by atoms with Crippen LogP contribution in [0.3, 0.4) is 0 Å². The zero-order valence-corrected chi connectivity index (χ0v) is 6.60. The fourth-order valence-corrected chi connectivity index (χ4v) is 0.737. The van der Waals surface area contributed by atoms with Gasteiger partial charge < -0.3 is 5.32 Å². The Balaban J connectivity index is 3.83. The third kappa shape index (κ3) is 3.22. The summed E-state index contributed by atoms with van der Waals surface area (Å²) in [4.78, 5) is 21.1. The van der Waals surface area contributed by atoms with Gasteiger partial charge in [0.15, 0.2) is 5.78 Å². The van der Waals surface area contributed by atoms with Crippen molar-refractivity contribution in [2.45, 2.75) is 33.2 Å². The van der Waals surface area contributed by atoms with Crippen LogP contribution in [-0.2, 0) is 9.59 Å². The third-order valence-electron chi connectivity index (χ3n) is 1.28. The fraction of sp³-hybridized carbons (Fsp3) is 0.714. The van der Waals surface area contributed by atoms with Crippen molar-refractivity contribution in [2.75, 3.05) is 0 Å². The summed E-state index contributed by atoms with van der Waals surface area (Å²) in [5.74, 6) is -0.139. The minimum atomic E-state index is -0.294. The minimum absolute atomic E-state index is 0.0118. The lowest BCUT2D eigenvalue weighted by molar-refractivity contribution is -0.125. The SMILES string of the molecule is CCC(NC(C)=O)C(C)=O. The van der Waals surface area contributed by atoms with Crippen molar-refractivity contribution in [1.82, 2.24) is 5.32 Å². The molecule has 0 saturated heterocycles. The van der Waals surface area contributed by atoms with Gasteiger partial charge in [0.05, 0.1) is 6.04 Å². The van der Waals surface area contributed by atoms with Gasteiger partial charge in [-0.25, -0.2) is 0 Å². The van der Waals surface area contributed by atoms with Crippen LogP contribution in [0, 0.1) is 0 Å². The molecule has 3 nitrogen and oxygen atoms in total. The van der Waals surface area contributed by atoms with Crippen molar-refractivity contribution in [1.29, 1.82) is 0 Å². The molecule has 0 aliphatic carbocycles. The van der Waals surface area contributed by atoms with Crippen LogP contribution in [0.15, 0.2) is 0 Å². The summed E-state index contributed by atoms with van der Waals surface area (Å²) in [6.07, 6.45) is 0.662. The Hall–Kier alpha value is -0.860. The highest BCUT2D eigenvalue weighted by Gasteiger charge is 2.10. The molecule has 0 aromatic rings. The molecule has 0 aromatic carbocycles. The molecule has 10 heavy (non-hydrogen) atoms. The Morgan fingerprint density at radius 2 is 1.90 bits per heavy atom. The third-order valence-corrected chi connectivity index (χ3v) is 1.28. The molecule has 0 rings (SSSR count). The van der Waals surface area contributed by atoms with Gasteiger partial charge in [-0.05, 0) is 13.3 Å². The van der Waals surface area contributed by atoms with E-state index in [1.165, 1.54) is 13.8 Å². The molecule has 0 heterocycles. The molecule has 1 unspecified atom stereocenters. The number of nitrogens with one attached hydrogen (secondary N) is 1. The largest absolute Gasteiger partial charge is 0.347 e. The summed E-state index contributed by atoms with van der Waals surface area (Å²) < 4.78 is 0. The first-order chi connectivity index (χ1) is 4.57. The smallest absolute Gasteiger partial charge is 0.217 e. The van der Waals surface area contributed by atoms with E-state index < -0.39 is 0 Å². The van der Waals surface area contributed by atoms with E-state index in [1.807, 2.05) is 6.92 Å². The average molecular weight is 143 g/mol. The van der Waals surface area contributed by atoms with Gasteiger partial charge in [-0.15, -0.1) is 0 Å². The van der Waals surface area contributed by atoms with Crippen molar-refractivity contribution in [3.05, 3.63) is 0 Å². The number of hydrogen-bond acceptors (Lipinski definition) is 2. The van der Waals surface area contributed by atoms with Gasteiger partial charge in [0, 0.05) is 6.92 Å². The highest BCUT2D eigenvalue weighted by Crippen LogP contribution is 1.91. The summed E-state index contributed by atoms with van der Waals surface area (Å²) in [6.45, 7) is 4.75. The number of hydrogen-bond donors (Lipinski definition) is 1. The molecule has 1 amide bonds. The molecule has 0 aromatic heterocycles. The lowest BCUT2D eigenvalue weighted by Gasteiger charge is -2.10. The second kappa shape index (κ2) is 4.04. The first-order valence-electron chi connectivity index (χ1n) is 3.35. The van der Waals surface area contributed by atoms with E-state index in [2.05, 4.69) is 5.32 Å². The first kappa shape index (κ1) is 9.14. The Morgan fingerprint density at radius 3 is 2.00 bits per heavy atom. The average Bonchev–Trinajstić information content (AvgIpc) is 1.81. The van der Waals surface area contributed by atoms with Gasteiger partial charge in [-0.2, -0.15) is 0 Å². The lowest BCUT2D eigenvalue weighted by Crippen LogP contribution is -2.37. The molecule has 0 fully saturated rings. The Labute approximate surface area is 60.8 Å². The van der Waals surface area contributed by atoms with E-state index in [0.717, 1.165) is 0 Å². The molecule has 58 valence electrons. The monoisotopic (exact) mass is 143 g/mol. The summed E-state index contributed by atoms with van der Waals surface area (Å²) in [5.41, 5.74) is 0.